The van der Waals surface area contributed by atoms with E-state index in [-0.39, 0.29) is 16.3 Å². The lowest BCUT2D eigenvalue weighted by molar-refractivity contribution is -0.384. The molecule has 3 rings (SSSR count). The van der Waals surface area contributed by atoms with Crippen molar-refractivity contribution in [3.8, 4) is 16.9 Å². The van der Waals surface area contributed by atoms with E-state index >= 15 is 0 Å². The number of hydrogen-bond acceptors (Lipinski definition) is 4. The van der Waals surface area contributed by atoms with Crippen LogP contribution in [0, 0.1) is 10.1 Å². The van der Waals surface area contributed by atoms with Crippen LogP contribution in [0.25, 0.3) is 16.9 Å². The molecule has 0 bridgehead atoms. The molecule has 0 atom stereocenters. The van der Waals surface area contributed by atoms with Gasteiger partial charge in [0.1, 0.15) is 5.69 Å². The molecule has 8 heteroatoms. The van der Waals surface area contributed by atoms with Gasteiger partial charge in [0.05, 0.1) is 21.2 Å². The first-order chi connectivity index (χ1) is 10.6. The molecule has 0 fully saturated rings. The van der Waals surface area contributed by atoms with Gasteiger partial charge in [0, 0.05) is 6.07 Å². The lowest BCUT2D eigenvalue weighted by Gasteiger charge is -2.09. The predicted molar refractivity (Wildman–Crippen MR) is 86.2 cm³/mol. The molecule has 0 amide bonds. The highest BCUT2D eigenvalue weighted by Crippen LogP contribution is 2.39. The average Bonchev–Trinajstić information content (AvgIpc) is 2.89. The van der Waals surface area contributed by atoms with Crippen molar-refractivity contribution < 1.29 is 4.92 Å². The number of halogens is 2. The summed E-state index contributed by atoms with van der Waals surface area (Å²) in [6.07, 6.45) is 0. The Hall–Kier alpha value is -2.25. The molecule has 0 unspecified atom stereocenters. The molecular formula is C14H8BrClN4O2. The second kappa shape index (κ2) is 5.86. The smallest absolute Gasteiger partial charge is 0.258 e. The van der Waals surface area contributed by atoms with E-state index in [9.17, 15) is 10.1 Å². The fraction of sp³-hybridized carbons (Fsp3) is 0. The first-order valence-corrected chi connectivity index (χ1v) is 7.36. The summed E-state index contributed by atoms with van der Waals surface area (Å²) < 4.78 is 1.89. The quantitative estimate of drug-likeness (QED) is 0.503. The van der Waals surface area contributed by atoms with Crippen molar-refractivity contribution in [3.05, 3.63) is 68.3 Å². The van der Waals surface area contributed by atoms with Gasteiger partial charge in [-0.1, -0.05) is 41.1 Å². The number of hydrogen-bond donors (Lipinski definition) is 0. The number of benzene rings is 2. The van der Waals surface area contributed by atoms with Crippen LogP contribution in [0.1, 0.15) is 0 Å². The third-order valence-electron chi connectivity index (χ3n) is 3.06. The van der Waals surface area contributed by atoms with Crippen LogP contribution in [0.5, 0.6) is 0 Å². The van der Waals surface area contributed by atoms with Crippen molar-refractivity contribution in [2.45, 2.75) is 0 Å². The largest absolute Gasteiger partial charge is 0.280 e. The van der Waals surface area contributed by atoms with Gasteiger partial charge in [-0.15, -0.1) is 5.10 Å². The van der Waals surface area contributed by atoms with Gasteiger partial charge in [-0.05, 0) is 34.1 Å². The fourth-order valence-corrected chi connectivity index (χ4v) is 2.82. The maximum Gasteiger partial charge on any atom is 0.280 e. The Morgan fingerprint density at radius 3 is 2.55 bits per heavy atom. The zero-order chi connectivity index (χ0) is 15.7. The molecule has 2 aromatic carbocycles. The van der Waals surface area contributed by atoms with E-state index in [2.05, 4.69) is 26.2 Å². The lowest BCUT2D eigenvalue weighted by atomic mass is 10.1. The Kier molecular flexibility index (Phi) is 3.91. The average molecular weight is 380 g/mol. The molecule has 0 saturated heterocycles. The Bertz CT molecular complexity index is 851. The van der Waals surface area contributed by atoms with Crippen LogP contribution >= 0.6 is 27.5 Å². The summed E-state index contributed by atoms with van der Waals surface area (Å²) in [4.78, 5) is 10.8. The molecule has 0 aliphatic rings. The van der Waals surface area contributed by atoms with Crippen LogP contribution in [0.2, 0.25) is 5.02 Å². The number of rotatable bonds is 3. The Labute approximate surface area is 138 Å². The van der Waals surface area contributed by atoms with Gasteiger partial charge in [0.2, 0.25) is 0 Å². The Balaban J connectivity index is 2.31. The highest BCUT2D eigenvalue weighted by molar-refractivity contribution is 9.10. The summed E-state index contributed by atoms with van der Waals surface area (Å²) in [7, 11) is 0. The van der Waals surface area contributed by atoms with Crippen LogP contribution in [-0.2, 0) is 0 Å². The van der Waals surface area contributed by atoms with Gasteiger partial charge in [0.25, 0.3) is 5.69 Å². The molecule has 0 saturated carbocycles. The van der Waals surface area contributed by atoms with Crippen molar-refractivity contribution in [2.24, 2.45) is 0 Å². The minimum atomic E-state index is -0.476. The molecule has 0 radical (unpaired) electrons. The van der Waals surface area contributed by atoms with Crippen molar-refractivity contribution in [2.75, 3.05) is 0 Å². The van der Waals surface area contributed by atoms with E-state index in [1.807, 2.05) is 30.3 Å². The second-order valence-corrected chi connectivity index (χ2v) is 5.53. The molecule has 1 heterocycles. The van der Waals surface area contributed by atoms with Crippen molar-refractivity contribution in [3.63, 3.8) is 0 Å². The molecule has 3 aromatic rings. The normalized spacial score (nSPS) is 10.6. The third-order valence-corrected chi connectivity index (χ3v) is 3.90. The summed E-state index contributed by atoms with van der Waals surface area (Å²) in [5.41, 5.74) is 1.33. The van der Waals surface area contributed by atoms with E-state index in [4.69, 9.17) is 11.6 Å². The first-order valence-electron chi connectivity index (χ1n) is 6.19. The summed E-state index contributed by atoms with van der Waals surface area (Å²) in [6.45, 7) is 0. The fourth-order valence-electron chi connectivity index (χ4n) is 2.12. The zero-order valence-corrected chi connectivity index (χ0v) is 13.3. The maximum absolute atomic E-state index is 11.3. The molecule has 6 nitrogen and oxygen atoms in total. The van der Waals surface area contributed by atoms with Crippen LogP contribution in [0.15, 0.2) is 53.1 Å². The number of para-hydroxylation sites is 1. The monoisotopic (exact) mass is 378 g/mol. The van der Waals surface area contributed by atoms with Crippen molar-refractivity contribution >= 4 is 33.2 Å². The van der Waals surface area contributed by atoms with Gasteiger partial charge in [-0.25, -0.2) is 4.68 Å². The SMILES string of the molecule is O=[N+]([O-])c1cccc(Cl)c1-c1c(Br)nnn1-c1ccccc1. The van der Waals surface area contributed by atoms with Gasteiger partial charge >= 0.3 is 0 Å². The summed E-state index contributed by atoms with van der Waals surface area (Å²) in [6, 6.07) is 13.7. The van der Waals surface area contributed by atoms with Crippen LogP contribution in [0.4, 0.5) is 5.69 Å². The van der Waals surface area contributed by atoms with E-state index in [1.54, 1.807) is 6.07 Å². The van der Waals surface area contributed by atoms with Gasteiger partial charge in [-0.3, -0.25) is 10.1 Å². The molecule has 22 heavy (non-hydrogen) atoms. The first kappa shape index (κ1) is 14.7. The number of nitrogens with zero attached hydrogens (tertiary/aromatic N) is 4. The van der Waals surface area contributed by atoms with E-state index in [0.717, 1.165) is 5.69 Å². The van der Waals surface area contributed by atoms with Gasteiger partial charge in [-0.2, -0.15) is 0 Å². The number of nitro groups is 1. The minimum absolute atomic E-state index is 0.104. The topological polar surface area (TPSA) is 73.8 Å². The van der Waals surface area contributed by atoms with Gasteiger partial charge < -0.3 is 0 Å². The van der Waals surface area contributed by atoms with Crippen LogP contribution in [-0.4, -0.2) is 19.9 Å². The van der Waals surface area contributed by atoms with Gasteiger partial charge in [0.15, 0.2) is 4.60 Å². The summed E-state index contributed by atoms with van der Waals surface area (Å²) >= 11 is 9.50. The highest BCUT2D eigenvalue weighted by Gasteiger charge is 2.25. The molecule has 0 aliphatic heterocycles. The number of nitro benzene ring substituents is 1. The Morgan fingerprint density at radius 1 is 1.14 bits per heavy atom. The summed E-state index contributed by atoms with van der Waals surface area (Å²) in [5, 5.41) is 19.6. The Morgan fingerprint density at radius 2 is 1.86 bits per heavy atom. The molecule has 0 aliphatic carbocycles. The predicted octanol–water partition coefficient (Wildman–Crippen LogP) is 4.26. The molecule has 0 N–H and O–H groups in total. The maximum atomic E-state index is 11.3. The highest BCUT2D eigenvalue weighted by atomic mass is 79.9. The van der Waals surface area contributed by atoms with E-state index < -0.39 is 4.92 Å². The second-order valence-electron chi connectivity index (χ2n) is 4.37. The third kappa shape index (κ3) is 2.49. The van der Waals surface area contributed by atoms with Crippen molar-refractivity contribution in [1.82, 2.24) is 15.0 Å². The summed E-state index contributed by atoms with van der Waals surface area (Å²) in [5.74, 6) is 0. The molecular weight excluding hydrogens is 372 g/mol. The molecule has 110 valence electrons. The number of aromatic nitrogens is 3. The van der Waals surface area contributed by atoms with Crippen LogP contribution < -0.4 is 0 Å². The molecule has 0 spiro atoms. The standard InChI is InChI=1S/C14H8BrClN4O2/c15-14-13(12-10(16)7-4-8-11(12)20(21)22)19(18-17-14)9-5-2-1-3-6-9/h1-8H. The minimum Gasteiger partial charge on any atom is -0.258 e. The van der Waals surface area contributed by atoms with E-state index in [0.29, 0.717) is 10.3 Å². The lowest BCUT2D eigenvalue weighted by Crippen LogP contribution is -2.01. The zero-order valence-electron chi connectivity index (χ0n) is 11.0. The van der Waals surface area contributed by atoms with Crippen molar-refractivity contribution in [1.29, 1.82) is 0 Å². The molecule has 1 aromatic heterocycles. The van der Waals surface area contributed by atoms with Crippen LogP contribution in [0.3, 0.4) is 0 Å². The van der Waals surface area contributed by atoms with E-state index in [1.165, 1.54) is 16.8 Å².